The molecular formula is C19H19N3O2. The van der Waals surface area contributed by atoms with Crippen LogP contribution in [0.15, 0.2) is 61.1 Å². The van der Waals surface area contributed by atoms with E-state index in [0.29, 0.717) is 6.61 Å². The molecule has 5 heteroatoms. The smallest absolute Gasteiger partial charge is 0.221 e. The molecule has 3 aromatic rings. The van der Waals surface area contributed by atoms with Gasteiger partial charge in [-0.05, 0) is 29.8 Å². The Hall–Kier alpha value is -3.08. The molecule has 0 aliphatic rings. The van der Waals surface area contributed by atoms with Gasteiger partial charge in [0, 0.05) is 30.8 Å². The maximum Gasteiger partial charge on any atom is 0.221 e. The molecule has 0 aliphatic carbocycles. The number of hydrogen-bond donors (Lipinski definition) is 2. The first kappa shape index (κ1) is 15.8. The van der Waals surface area contributed by atoms with Crippen LogP contribution >= 0.6 is 0 Å². The van der Waals surface area contributed by atoms with Gasteiger partial charge in [-0.3, -0.25) is 4.79 Å². The van der Waals surface area contributed by atoms with E-state index in [1.165, 1.54) is 6.92 Å². The summed E-state index contributed by atoms with van der Waals surface area (Å²) >= 11 is 0. The number of imidazole rings is 1. The average Bonchev–Trinajstić information content (AvgIpc) is 3.09. The van der Waals surface area contributed by atoms with E-state index >= 15 is 0 Å². The first-order valence-electron chi connectivity index (χ1n) is 7.80. The van der Waals surface area contributed by atoms with Crippen LogP contribution in [0, 0.1) is 0 Å². The minimum absolute atomic E-state index is 0.0728. The molecule has 0 saturated carbocycles. The Morgan fingerprint density at radius 3 is 2.88 bits per heavy atom. The standard InChI is InChI=1S/C19H19N3O2/c1-14(23)22-16-6-4-5-15(11-16)9-10-24-19-8-3-2-7-17(19)18-12-20-13-21-18/h2-8,11-13H,9-10H2,1H3,(H,20,21)(H,22,23). The predicted octanol–water partition coefficient (Wildman–Crippen LogP) is 3.66. The highest BCUT2D eigenvalue weighted by atomic mass is 16.5. The van der Waals surface area contributed by atoms with E-state index < -0.39 is 0 Å². The number of aromatic amines is 1. The number of carbonyl (C=O) groups excluding carboxylic acids is 1. The maximum absolute atomic E-state index is 11.1. The molecule has 0 radical (unpaired) electrons. The first-order chi connectivity index (χ1) is 11.7. The molecule has 1 aromatic heterocycles. The van der Waals surface area contributed by atoms with Gasteiger partial charge in [-0.15, -0.1) is 0 Å². The quantitative estimate of drug-likeness (QED) is 0.728. The van der Waals surface area contributed by atoms with E-state index in [0.717, 1.165) is 34.7 Å². The summed E-state index contributed by atoms with van der Waals surface area (Å²) in [7, 11) is 0. The van der Waals surface area contributed by atoms with Crippen LogP contribution in [0.4, 0.5) is 5.69 Å². The molecule has 0 bridgehead atoms. The number of ether oxygens (including phenoxy) is 1. The molecule has 0 atom stereocenters. The van der Waals surface area contributed by atoms with Gasteiger partial charge < -0.3 is 15.0 Å². The molecule has 24 heavy (non-hydrogen) atoms. The van der Waals surface area contributed by atoms with Crippen LogP contribution in [0.3, 0.4) is 0 Å². The fourth-order valence-electron chi connectivity index (χ4n) is 2.50. The molecule has 2 N–H and O–H groups in total. The average molecular weight is 321 g/mol. The zero-order valence-corrected chi connectivity index (χ0v) is 13.5. The van der Waals surface area contributed by atoms with Crippen LogP contribution in [0.1, 0.15) is 12.5 Å². The number of para-hydroxylation sites is 1. The summed E-state index contributed by atoms with van der Waals surface area (Å²) in [6.45, 7) is 2.05. The van der Waals surface area contributed by atoms with Crippen LogP contribution in [0.5, 0.6) is 5.75 Å². The zero-order valence-electron chi connectivity index (χ0n) is 13.5. The number of carbonyl (C=O) groups is 1. The highest BCUT2D eigenvalue weighted by Crippen LogP contribution is 2.28. The highest BCUT2D eigenvalue weighted by molar-refractivity contribution is 5.88. The van der Waals surface area contributed by atoms with Crippen LogP contribution < -0.4 is 10.1 Å². The summed E-state index contributed by atoms with van der Waals surface area (Å²) in [6.07, 6.45) is 4.25. The predicted molar refractivity (Wildman–Crippen MR) is 94.0 cm³/mol. The highest BCUT2D eigenvalue weighted by Gasteiger charge is 2.07. The Morgan fingerprint density at radius 1 is 1.21 bits per heavy atom. The van der Waals surface area contributed by atoms with Crippen LogP contribution in [-0.4, -0.2) is 22.5 Å². The van der Waals surface area contributed by atoms with Crippen molar-refractivity contribution in [2.45, 2.75) is 13.3 Å². The third-order valence-electron chi connectivity index (χ3n) is 3.56. The van der Waals surface area contributed by atoms with Gasteiger partial charge >= 0.3 is 0 Å². The molecule has 1 heterocycles. The summed E-state index contributed by atoms with van der Waals surface area (Å²) in [5.41, 5.74) is 3.74. The lowest BCUT2D eigenvalue weighted by Crippen LogP contribution is -2.07. The van der Waals surface area contributed by atoms with Crippen molar-refractivity contribution in [2.75, 3.05) is 11.9 Å². The normalized spacial score (nSPS) is 10.4. The van der Waals surface area contributed by atoms with E-state index in [9.17, 15) is 4.79 Å². The molecule has 0 aliphatic heterocycles. The van der Waals surface area contributed by atoms with Crippen molar-refractivity contribution in [3.8, 4) is 17.0 Å². The Bertz CT molecular complexity index is 813. The summed E-state index contributed by atoms with van der Waals surface area (Å²) in [4.78, 5) is 18.4. The van der Waals surface area contributed by atoms with Gasteiger partial charge in [0.1, 0.15) is 5.75 Å². The fraction of sp³-hybridized carbons (Fsp3) is 0.158. The molecule has 122 valence electrons. The summed E-state index contributed by atoms with van der Waals surface area (Å²) in [6, 6.07) is 15.6. The van der Waals surface area contributed by atoms with Gasteiger partial charge in [0.25, 0.3) is 0 Å². The molecule has 2 aromatic carbocycles. The summed E-state index contributed by atoms with van der Waals surface area (Å²) in [5, 5.41) is 2.79. The topological polar surface area (TPSA) is 67.0 Å². The van der Waals surface area contributed by atoms with Crippen molar-refractivity contribution in [3.05, 3.63) is 66.6 Å². The Morgan fingerprint density at radius 2 is 2.08 bits per heavy atom. The van der Waals surface area contributed by atoms with Crippen molar-refractivity contribution < 1.29 is 9.53 Å². The number of amides is 1. The van der Waals surface area contributed by atoms with Gasteiger partial charge in [-0.1, -0.05) is 24.3 Å². The van der Waals surface area contributed by atoms with Crippen molar-refractivity contribution in [2.24, 2.45) is 0 Å². The maximum atomic E-state index is 11.1. The van der Waals surface area contributed by atoms with Crippen LogP contribution in [0.2, 0.25) is 0 Å². The largest absolute Gasteiger partial charge is 0.493 e. The van der Waals surface area contributed by atoms with E-state index in [4.69, 9.17) is 4.74 Å². The second-order valence-electron chi connectivity index (χ2n) is 5.43. The number of hydrogen-bond acceptors (Lipinski definition) is 3. The van der Waals surface area contributed by atoms with E-state index in [2.05, 4.69) is 15.3 Å². The van der Waals surface area contributed by atoms with E-state index in [1.54, 1.807) is 6.33 Å². The number of aromatic nitrogens is 2. The van der Waals surface area contributed by atoms with Gasteiger partial charge in [-0.2, -0.15) is 0 Å². The molecule has 5 nitrogen and oxygen atoms in total. The van der Waals surface area contributed by atoms with Crippen molar-refractivity contribution >= 4 is 11.6 Å². The monoisotopic (exact) mass is 321 g/mol. The zero-order chi connectivity index (χ0) is 16.8. The third-order valence-corrected chi connectivity index (χ3v) is 3.56. The number of H-pyrrole nitrogens is 1. The number of nitrogens with one attached hydrogen (secondary N) is 2. The van der Waals surface area contributed by atoms with Gasteiger partial charge in [0.05, 0.1) is 18.6 Å². The molecule has 1 amide bonds. The van der Waals surface area contributed by atoms with Gasteiger partial charge in [0.15, 0.2) is 0 Å². The van der Waals surface area contributed by atoms with Crippen LogP contribution in [0.25, 0.3) is 11.3 Å². The molecule has 0 spiro atoms. The van der Waals surface area contributed by atoms with Gasteiger partial charge in [-0.25, -0.2) is 4.98 Å². The Balaban J connectivity index is 1.64. The molecule has 3 rings (SSSR count). The third kappa shape index (κ3) is 4.01. The summed E-state index contributed by atoms with van der Waals surface area (Å²) < 4.78 is 5.94. The minimum Gasteiger partial charge on any atom is -0.493 e. The lowest BCUT2D eigenvalue weighted by atomic mass is 10.1. The first-order valence-corrected chi connectivity index (χ1v) is 7.80. The number of rotatable bonds is 6. The summed E-state index contributed by atoms with van der Waals surface area (Å²) in [5.74, 6) is 0.735. The SMILES string of the molecule is CC(=O)Nc1cccc(CCOc2ccccc2-c2c[nH]cn2)c1. The number of benzene rings is 2. The van der Waals surface area contributed by atoms with E-state index in [1.807, 2.05) is 54.7 Å². The molecular weight excluding hydrogens is 302 g/mol. The second-order valence-corrected chi connectivity index (χ2v) is 5.43. The van der Waals surface area contributed by atoms with Crippen molar-refractivity contribution in [1.29, 1.82) is 0 Å². The lowest BCUT2D eigenvalue weighted by Gasteiger charge is -2.11. The minimum atomic E-state index is -0.0728. The lowest BCUT2D eigenvalue weighted by molar-refractivity contribution is -0.114. The van der Waals surface area contributed by atoms with Crippen molar-refractivity contribution in [1.82, 2.24) is 9.97 Å². The molecule has 0 unspecified atom stereocenters. The van der Waals surface area contributed by atoms with E-state index in [-0.39, 0.29) is 5.91 Å². The van der Waals surface area contributed by atoms with Crippen LogP contribution in [-0.2, 0) is 11.2 Å². The second kappa shape index (κ2) is 7.46. The number of anilines is 1. The Kier molecular flexibility index (Phi) is 4.91. The van der Waals surface area contributed by atoms with Crippen molar-refractivity contribution in [3.63, 3.8) is 0 Å². The Labute approximate surface area is 140 Å². The van der Waals surface area contributed by atoms with Gasteiger partial charge in [0.2, 0.25) is 5.91 Å². The number of nitrogens with zero attached hydrogens (tertiary/aromatic N) is 1. The molecule has 0 saturated heterocycles. The fourth-order valence-corrected chi connectivity index (χ4v) is 2.50. The molecule has 0 fully saturated rings.